The van der Waals surface area contributed by atoms with Crippen LogP contribution in [-0.2, 0) is 6.54 Å². The van der Waals surface area contributed by atoms with E-state index in [-0.39, 0.29) is 23.0 Å². The normalized spacial score (nSPS) is 21.7. The average Bonchev–Trinajstić information content (AvgIpc) is 3.46. The van der Waals surface area contributed by atoms with Crippen LogP contribution in [0.3, 0.4) is 0 Å². The smallest absolute Gasteiger partial charge is 0.338 e. The van der Waals surface area contributed by atoms with Gasteiger partial charge in [0.25, 0.3) is 0 Å². The Morgan fingerprint density at radius 3 is 2.62 bits per heavy atom. The van der Waals surface area contributed by atoms with Crippen LogP contribution in [0.4, 0.5) is 4.39 Å². The molecule has 1 heterocycles. The first-order valence-electron chi connectivity index (χ1n) is 10.3. The van der Waals surface area contributed by atoms with E-state index in [1.807, 2.05) is 18.2 Å². The van der Waals surface area contributed by atoms with Crippen LogP contribution in [-0.4, -0.2) is 35.2 Å². The van der Waals surface area contributed by atoms with Gasteiger partial charge >= 0.3 is 5.97 Å². The van der Waals surface area contributed by atoms with E-state index in [1.54, 1.807) is 0 Å². The van der Waals surface area contributed by atoms with E-state index >= 15 is 0 Å². The molecule has 1 saturated heterocycles. The van der Waals surface area contributed by atoms with Gasteiger partial charge in [-0.1, -0.05) is 44.2 Å². The van der Waals surface area contributed by atoms with Gasteiger partial charge in [-0.3, -0.25) is 4.90 Å². The van der Waals surface area contributed by atoms with E-state index in [9.17, 15) is 14.3 Å². The van der Waals surface area contributed by atoms with E-state index in [4.69, 9.17) is 4.74 Å². The Hall–Kier alpha value is -2.40. The third-order valence-electron chi connectivity index (χ3n) is 5.78. The maximum absolute atomic E-state index is 14.4. The average molecular weight is 397 g/mol. The topological polar surface area (TPSA) is 49.8 Å². The number of hydrogen-bond donors (Lipinski definition) is 1. The number of likely N-dealkylation sites (tertiary alicyclic amines) is 1. The lowest BCUT2D eigenvalue weighted by atomic mass is 9.82. The molecule has 1 atom stereocenters. The first kappa shape index (κ1) is 19.9. The Morgan fingerprint density at radius 1 is 1.24 bits per heavy atom. The number of hydrogen-bond acceptors (Lipinski definition) is 3. The van der Waals surface area contributed by atoms with Crippen molar-refractivity contribution in [2.75, 3.05) is 13.1 Å². The summed E-state index contributed by atoms with van der Waals surface area (Å²) < 4.78 is 20.7. The third kappa shape index (κ3) is 4.78. The predicted molar refractivity (Wildman–Crippen MR) is 110 cm³/mol. The van der Waals surface area contributed by atoms with E-state index in [1.165, 1.54) is 17.7 Å². The van der Waals surface area contributed by atoms with Crippen molar-refractivity contribution in [3.8, 4) is 5.75 Å². The van der Waals surface area contributed by atoms with Gasteiger partial charge in [-0.2, -0.15) is 0 Å². The molecule has 29 heavy (non-hydrogen) atoms. The van der Waals surface area contributed by atoms with Gasteiger partial charge in [0.15, 0.2) is 0 Å². The lowest BCUT2D eigenvalue weighted by molar-refractivity contribution is 0.0155. The van der Waals surface area contributed by atoms with Crippen molar-refractivity contribution in [3.63, 3.8) is 0 Å². The molecule has 4 rings (SSSR count). The van der Waals surface area contributed by atoms with Crippen molar-refractivity contribution in [3.05, 3.63) is 65.0 Å². The maximum Gasteiger partial charge on any atom is 0.338 e. The van der Waals surface area contributed by atoms with Crippen molar-refractivity contribution in [1.29, 1.82) is 0 Å². The monoisotopic (exact) mass is 397 g/mol. The van der Waals surface area contributed by atoms with Gasteiger partial charge in [-0.15, -0.1) is 0 Å². The van der Waals surface area contributed by atoms with Crippen LogP contribution < -0.4 is 4.74 Å². The predicted octanol–water partition coefficient (Wildman–Crippen LogP) is 5.08. The molecule has 0 bridgehead atoms. The molecule has 2 fully saturated rings. The maximum atomic E-state index is 14.4. The summed E-state index contributed by atoms with van der Waals surface area (Å²) in [5, 5.41) is 9.26. The quantitative estimate of drug-likeness (QED) is 0.738. The minimum Gasteiger partial charge on any atom is -0.489 e. The largest absolute Gasteiger partial charge is 0.489 e. The van der Waals surface area contributed by atoms with Crippen LogP contribution in [0.25, 0.3) is 0 Å². The van der Waals surface area contributed by atoms with Crippen LogP contribution in [0, 0.1) is 11.2 Å². The van der Waals surface area contributed by atoms with E-state index < -0.39 is 11.8 Å². The molecule has 0 radical (unpaired) electrons. The summed E-state index contributed by atoms with van der Waals surface area (Å²) in [7, 11) is 0. The van der Waals surface area contributed by atoms with Gasteiger partial charge in [0.05, 0.1) is 5.56 Å². The van der Waals surface area contributed by atoms with Gasteiger partial charge in [0.2, 0.25) is 0 Å². The summed E-state index contributed by atoms with van der Waals surface area (Å²) in [5.74, 6) is -1.17. The Kier molecular flexibility index (Phi) is 5.34. The minimum atomic E-state index is -1.23. The van der Waals surface area contributed by atoms with Gasteiger partial charge in [-0.25, -0.2) is 9.18 Å². The molecular formula is C24H28FNO3. The second-order valence-corrected chi connectivity index (χ2v) is 9.21. The number of carbonyl (C=O) groups is 1. The summed E-state index contributed by atoms with van der Waals surface area (Å²) >= 11 is 0. The fourth-order valence-electron chi connectivity index (χ4n) is 4.47. The van der Waals surface area contributed by atoms with Crippen molar-refractivity contribution in [2.45, 2.75) is 51.7 Å². The molecule has 0 spiro atoms. The Labute approximate surface area is 171 Å². The van der Waals surface area contributed by atoms with E-state index in [0.717, 1.165) is 44.5 Å². The number of ether oxygens (including phenoxy) is 1. The minimum absolute atomic E-state index is 0.0601. The molecule has 1 saturated carbocycles. The number of piperidine rings is 1. The highest BCUT2D eigenvalue weighted by Gasteiger charge is 2.36. The molecule has 1 aliphatic heterocycles. The lowest BCUT2D eigenvalue weighted by Gasteiger charge is -2.42. The highest BCUT2D eigenvalue weighted by Crippen LogP contribution is 2.46. The lowest BCUT2D eigenvalue weighted by Crippen LogP contribution is -2.48. The van der Waals surface area contributed by atoms with Gasteiger partial charge in [0, 0.05) is 25.7 Å². The van der Waals surface area contributed by atoms with E-state index in [0.29, 0.717) is 5.75 Å². The molecular weight excluding hydrogens is 369 g/mol. The second-order valence-electron chi connectivity index (χ2n) is 9.21. The molecule has 1 N–H and O–H groups in total. The van der Waals surface area contributed by atoms with Gasteiger partial charge in [-0.05, 0) is 47.8 Å². The Morgan fingerprint density at radius 2 is 1.97 bits per heavy atom. The first-order chi connectivity index (χ1) is 13.8. The van der Waals surface area contributed by atoms with Crippen molar-refractivity contribution in [1.82, 2.24) is 4.90 Å². The highest BCUT2D eigenvalue weighted by atomic mass is 19.1. The second kappa shape index (κ2) is 7.79. The molecule has 0 aromatic heterocycles. The molecule has 2 aliphatic rings. The summed E-state index contributed by atoms with van der Waals surface area (Å²) in [6.45, 7) is 7.06. The number of halogens is 1. The molecule has 1 aliphatic carbocycles. The standard InChI is InChI=1S/C24H28FNO3/c1-24(2)12-18(14-26(15-24)13-16-6-4-3-5-7-16)29-22-11-21(25)20(23(27)28)10-19(22)17-8-9-17/h3-7,10-11,17-18H,8-9,12-15H2,1-2H3,(H,27,28)/t18-/m1/s1. The molecule has 2 aromatic rings. The van der Waals surface area contributed by atoms with Crippen molar-refractivity contribution < 1.29 is 19.0 Å². The summed E-state index contributed by atoms with van der Waals surface area (Å²) in [4.78, 5) is 13.7. The zero-order chi connectivity index (χ0) is 20.6. The zero-order valence-electron chi connectivity index (χ0n) is 17.0. The zero-order valence-corrected chi connectivity index (χ0v) is 17.0. The fraction of sp³-hybridized carbons (Fsp3) is 0.458. The summed E-state index contributed by atoms with van der Waals surface area (Å²) in [6.07, 6.45) is 2.81. The molecule has 2 aromatic carbocycles. The van der Waals surface area contributed by atoms with Crippen LogP contribution >= 0.6 is 0 Å². The third-order valence-corrected chi connectivity index (χ3v) is 5.78. The Balaban J connectivity index is 1.55. The molecule has 0 unspecified atom stereocenters. The molecule has 154 valence electrons. The fourth-order valence-corrected chi connectivity index (χ4v) is 4.47. The summed E-state index contributed by atoms with van der Waals surface area (Å²) in [6, 6.07) is 13.1. The van der Waals surface area contributed by atoms with Crippen LogP contribution in [0.5, 0.6) is 5.75 Å². The molecule has 4 nitrogen and oxygen atoms in total. The van der Waals surface area contributed by atoms with Crippen LogP contribution in [0.1, 0.15) is 60.5 Å². The number of carboxylic acids is 1. The van der Waals surface area contributed by atoms with E-state index in [2.05, 4.69) is 30.9 Å². The van der Waals surface area contributed by atoms with Gasteiger partial charge in [0.1, 0.15) is 17.7 Å². The molecule has 0 amide bonds. The number of carboxylic acid groups (broad SMARTS) is 1. The number of nitrogens with zero attached hydrogens (tertiary/aromatic N) is 1. The SMILES string of the molecule is CC1(C)C[C@@H](Oc2cc(F)c(C(=O)O)cc2C2CC2)CN(Cc2ccccc2)C1. The highest BCUT2D eigenvalue weighted by molar-refractivity contribution is 5.88. The van der Waals surface area contributed by atoms with Crippen LogP contribution in [0.2, 0.25) is 0 Å². The Bertz CT molecular complexity index is 892. The number of rotatable bonds is 6. The number of aromatic carboxylic acids is 1. The van der Waals surface area contributed by atoms with Gasteiger partial charge < -0.3 is 9.84 Å². The van der Waals surface area contributed by atoms with Crippen molar-refractivity contribution in [2.24, 2.45) is 5.41 Å². The molecule has 5 heteroatoms. The van der Waals surface area contributed by atoms with Crippen LogP contribution in [0.15, 0.2) is 42.5 Å². The summed E-state index contributed by atoms with van der Waals surface area (Å²) in [5.41, 5.74) is 1.91. The first-order valence-corrected chi connectivity index (χ1v) is 10.3. The van der Waals surface area contributed by atoms with Crippen molar-refractivity contribution >= 4 is 5.97 Å². The number of benzene rings is 2.